The lowest BCUT2D eigenvalue weighted by atomic mass is 10.3. The van der Waals surface area contributed by atoms with Crippen LogP contribution in [0.5, 0.6) is 5.75 Å². The van der Waals surface area contributed by atoms with Gasteiger partial charge in [0.1, 0.15) is 0 Å². The number of benzene rings is 1. The topological polar surface area (TPSA) is 55.4 Å². The number of anilines is 1. The van der Waals surface area contributed by atoms with Gasteiger partial charge in [0.05, 0.1) is 0 Å². The largest absolute Gasteiger partial charge is 0.417 e. The third-order valence-electron chi connectivity index (χ3n) is 2.25. The van der Waals surface area contributed by atoms with Crippen LogP contribution >= 0.6 is 11.6 Å². The number of halogens is 1. The molecule has 1 N–H and O–H groups in total. The van der Waals surface area contributed by atoms with Crippen LogP contribution in [0, 0.1) is 0 Å². The number of hydrogen-bond donors (Lipinski definition) is 1. The molecule has 2 aromatic rings. The van der Waals surface area contributed by atoms with E-state index in [2.05, 4.69) is 5.32 Å². The summed E-state index contributed by atoms with van der Waals surface area (Å²) >= 11 is 5.73. The quantitative estimate of drug-likeness (QED) is 0.915. The van der Waals surface area contributed by atoms with Crippen LogP contribution in [0.25, 0.3) is 0 Å². The van der Waals surface area contributed by atoms with Gasteiger partial charge in [-0.15, -0.1) is 0 Å². The van der Waals surface area contributed by atoms with Crippen LogP contribution in [0.3, 0.4) is 0 Å². The van der Waals surface area contributed by atoms with Crippen LogP contribution in [-0.4, -0.2) is 6.09 Å². The maximum Gasteiger partial charge on any atom is 0.417 e. The third-order valence-corrected chi connectivity index (χ3v) is 2.51. The summed E-state index contributed by atoms with van der Waals surface area (Å²) in [5.74, 6) is -0.0311. The first-order valence-corrected chi connectivity index (χ1v) is 5.87. The fraction of sp³-hybridized carbons (Fsp3) is 0. The summed E-state index contributed by atoms with van der Waals surface area (Å²) < 4.78 is 4.94. The minimum absolute atomic E-state index is 0.0311. The average molecular weight is 276 g/mol. The van der Waals surface area contributed by atoms with Crippen molar-refractivity contribution in [2.45, 2.75) is 0 Å². The van der Waals surface area contributed by atoms with E-state index in [1.807, 2.05) is 0 Å². The van der Waals surface area contributed by atoms with E-state index in [0.29, 0.717) is 10.7 Å². The minimum atomic E-state index is -0.731. The molecule has 0 saturated carbocycles. The van der Waals surface area contributed by atoms with E-state index in [0.717, 1.165) is 0 Å². The molecule has 2 rings (SSSR count). The number of rotatable bonds is 2. The van der Waals surface area contributed by atoms with Gasteiger partial charge in [-0.25, -0.2) is 4.79 Å². The van der Waals surface area contributed by atoms with Crippen molar-refractivity contribution in [3.05, 3.63) is 69.8 Å². The number of ether oxygens (including phenoxy) is 1. The van der Waals surface area contributed by atoms with E-state index < -0.39 is 6.09 Å². The van der Waals surface area contributed by atoms with Gasteiger partial charge in [-0.2, -0.15) is 0 Å². The van der Waals surface area contributed by atoms with E-state index in [-0.39, 0.29) is 11.2 Å². The lowest BCUT2D eigenvalue weighted by Crippen LogP contribution is -2.19. The standard InChI is InChI=1S/C14H10ClNO3/c15-10-6-8-11(9-7-10)16-14(18)19-13-5-3-1-2-4-12(13)17/h1-9H,(H,16,18). The lowest BCUT2D eigenvalue weighted by molar-refractivity contribution is 0.215. The minimum Gasteiger partial charge on any atom is -0.406 e. The predicted octanol–water partition coefficient (Wildman–Crippen LogP) is 3.31. The Balaban J connectivity index is 2.08. The molecule has 0 fully saturated rings. The second kappa shape index (κ2) is 6.02. The summed E-state index contributed by atoms with van der Waals surface area (Å²) in [5, 5.41) is 3.06. The van der Waals surface area contributed by atoms with Gasteiger partial charge in [-0.05, 0) is 36.4 Å². The van der Waals surface area contributed by atoms with Crippen molar-refractivity contribution in [1.29, 1.82) is 0 Å². The van der Waals surface area contributed by atoms with Gasteiger partial charge in [0, 0.05) is 10.7 Å². The predicted molar refractivity (Wildman–Crippen MR) is 73.8 cm³/mol. The maximum atomic E-state index is 11.6. The molecule has 0 aliphatic rings. The van der Waals surface area contributed by atoms with Crippen molar-refractivity contribution in [2.24, 2.45) is 0 Å². The van der Waals surface area contributed by atoms with Gasteiger partial charge >= 0.3 is 6.09 Å². The molecular weight excluding hydrogens is 266 g/mol. The normalized spacial score (nSPS) is 9.74. The van der Waals surface area contributed by atoms with Crippen LogP contribution in [-0.2, 0) is 0 Å². The van der Waals surface area contributed by atoms with Gasteiger partial charge in [0.25, 0.3) is 0 Å². The van der Waals surface area contributed by atoms with Crippen molar-refractivity contribution in [3.8, 4) is 5.75 Å². The third kappa shape index (κ3) is 3.82. The van der Waals surface area contributed by atoms with Gasteiger partial charge in [0.2, 0.25) is 5.43 Å². The smallest absolute Gasteiger partial charge is 0.406 e. The van der Waals surface area contributed by atoms with Crippen LogP contribution in [0.2, 0.25) is 5.02 Å². The molecule has 0 spiro atoms. The van der Waals surface area contributed by atoms with Crippen molar-refractivity contribution < 1.29 is 9.53 Å². The SMILES string of the molecule is O=C(Nc1ccc(Cl)cc1)Oc1cccccc1=O. The number of carbonyl (C=O) groups excluding carboxylic acids is 1. The summed E-state index contributed by atoms with van der Waals surface area (Å²) in [6.45, 7) is 0. The van der Waals surface area contributed by atoms with Crippen molar-refractivity contribution >= 4 is 23.4 Å². The summed E-state index contributed by atoms with van der Waals surface area (Å²) in [6, 6.07) is 14.2. The first-order chi connectivity index (χ1) is 9.15. The zero-order chi connectivity index (χ0) is 13.7. The molecule has 2 aromatic carbocycles. The molecule has 0 aliphatic heterocycles. The first-order valence-electron chi connectivity index (χ1n) is 5.49. The van der Waals surface area contributed by atoms with E-state index in [9.17, 15) is 9.59 Å². The van der Waals surface area contributed by atoms with Crippen LogP contribution < -0.4 is 15.5 Å². The molecule has 19 heavy (non-hydrogen) atoms. The Morgan fingerprint density at radius 3 is 2.42 bits per heavy atom. The number of nitrogens with one attached hydrogen (secondary N) is 1. The second-order valence-electron chi connectivity index (χ2n) is 3.66. The van der Waals surface area contributed by atoms with Crippen LogP contribution in [0.4, 0.5) is 10.5 Å². The van der Waals surface area contributed by atoms with Crippen LogP contribution in [0.1, 0.15) is 0 Å². The fourth-order valence-corrected chi connectivity index (χ4v) is 1.50. The molecule has 1 amide bonds. The molecule has 5 heteroatoms. The molecule has 0 heterocycles. The van der Waals surface area contributed by atoms with Crippen molar-refractivity contribution in [1.82, 2.24) is 0 Å². The lowest BCUT2D eigenvalue weighted by Gasteiger charge is -2.05. The average Bonchev–Trinajstić information content (AvgIpc) is 2.58. The molecule has 4 nitrogen and oxygen atoms in total. The highest BCUT2D eigenvalue weighted by molar-refractivity contribution is 6.30. The zero-order valence-corrected chi connectivity index (χ0v) is 10.6. The Bertz CT molecular complexity index is 641. The summed E-state index contributed by atoms with van der Waals surface area (Å²) in [6.07, 6.45) is -0.731. The number of amides is 1. The highest BCUT2D eigenvalue weighted by Gasteiger charge is 2.06. The molecular formula is C14H10ClNO3. The number of hydrogen-bond acceptors (Lipinski definition) is 3. The fourth-order valence-electron chi connectivity index (χ4n) is 1.38. The Morgan fingerprint density at radius 2 is 1.68 bits per heavy atom. The van der Waals surface area contributed by atoms with E-state index >= 15 is 0 Å². The Labute approximate surface area is 114 Å². The molecule has 0 aliphatic carbocycles. The maximum absolute atomic E-state index is 11.6. The molecule has 0 radical (unpaired) electrons. The summed E-state index contributed by atoms with van der Waals surface area (Å²) in [4.78, 5) is 23.1. The highest BCUT2D eigenvalue weighted by Crippen LogP contribution is 2.13. The molecule has 0 saturated heterocycles. The molecule has 0 unspecified atom stereocenters. The zero-order valence-electron chi connectivity index (χ0n) is 9.80. The molecule has 0 atom stereocenters. The van der Waals surface area contributed by atoms with Crippen LogP contribution in [0.15, 0.2) is 59.4 Å². The Morgan fingerprint density at radius 1 is 1.00 bits per heavy atom. The van der Waals surface area contributed by atoms with Gasteiger partial charge in [-0.3, -0.25) is 10.1 Å². The van der Waals surface area contributed by atoms with Crippen molar-refractivity contribution in [2.75, 3.05) is 5.32 Å². The summed E-state index contributed by atoms with van der Waals surface area (Å²) in [7, 11) is 0. The molecule has 0 bridgehead atoms. The van der Waals surface area contributed by atoms with Gasteiger partial charge in [0.15, 0.2) is 5.75 Å². The van der Waals surface area contributed by atoms with E-state index in [1.165, 1.54) is 12.1 Å². The monoisotopic (exact) mass is 275 g/mol. The number of carbonyl (C=O) groups is 1. The van der Waals surface area contributed by atoms with Crippen molar-refractivity contribution in [3.63, 3.8) is 0 Å². The highest BCUT2D eigenvalue weighted by atomic mass is 35.5. The van der Waals surface area contributed by atoms with E-state index in [1.54, 1.807) is 42.5 Å². The first kappa shape index (κ1) is 13.1. The van der Waals surface area contributed by atoms with Gasteiger partial charge < -0.3 is 4.74 Å². The second-order valence-corrected chi connectivity index (χ2v) is 4.10. The summed E-state index contributed by atoms with van der Waals surface area (Å²) in [5.41, 5.74) is 0.165. The molecule has 96 valence electrons. The molecule has 0 aromatic heterocycles. The van der Waals surface area contributed by atoms with E-state index in [4.69, 9.17) is 16.3 Å². The Hall–Kier alpha value is -2.33. The van der Waals surface area contributed by atoms with Gasteiger partial charge in [-0.1, -0.05) is 29.8 Å². The Kier molecular flexibility index (Phi) is 4.15.